The Labute approximate surface area is 216 Å². The van der Waals surface area contributed by atoms with Crippen LogP contribution in [-0.4, -0.2) is 10.8 Å². The van der Waals surface area contributed by atoms with E-state index in [-0.39, 0.29) is 29.5 Å². The van der Waals surface area contributed by atoms with Crippen molar-refractivity contribution in [2.75, 3.05) is 5.32 Å². The highest BCUT2D eigenvalue weighted by Crippen LogP contribution is 2.31. The Morgan fingerprint density at radius 3 is 2.42 bits per heavy atom. The Hall–Kier alpha value is -4.01. The molecule has 0 aliphatic rings. The third-order valence-electron chi connectivity index (χ3n) is 4.94. The minimum Gasteiger partial charge on any atom is -0.484 e. The predicted octanol–water partition coefficient (Wildman–Crippen LogP) is 7.74. The number of hydrogen-bond donors (Lipinski definition) is 1. The van der Waals surface area contributed by atoms with Gasteiger partial charge in [-0.2, -0.15) is 0 Å². The van der Waals surface area contributed by atoms with Crippen molar-refractivity contribution in [3.05, 3.63) is 110 Å². The van der Waals surface area contributed by atoms with Crippen LogP contribution in [0.25, 0.3) is 0 Å². The van der Waals surface area contributed by atoms with Crippen LogP contribution in [-0.2, 0) is 6.61 Å². The van der Waals surface area contributed by atoms with Crippen molar-refractivity contribution >= 4 is 40.5 Å². The SMILES string of the molecule is Cc1cc(C)cc(Oc2cc(NC(=O)c3ccc(COc4cc(Cl)ccc4Cl)o3)cc([N+](=O)[O-])c2)c1. The molecule has 0 radical (unpaired) electrons. The Balaban J connectivity index is 1.48. The number of anilines is 1. The number of benzene rings is 3. The lowest BCUT2D eigenvalue weighted by atomic mass is 10.1. The zero-order chi connectivity index (χ0) is 25.8. The second kappa shape index (κ2) is 10.7. The van der Waals surface area contributed by atoms with Gasteiger partial charge in [0.05, 0.1) is 21.7 Å². The fraction of sp³-hybridized carbons (Fsp3) is 0.115. The number of halogens is 2. The molecule has 1 amide bonds. The van der Waals surface area contributed by atoms with Crippen LogP contribution in [0.2, 0.25) is 10.0 Å². The molecule has 184 valence electrons. The van der Waals surface area contributed by atoms with E-state index in [0.717, 1.165) is 11.1 Å². The summed E-state index contributed by atoms with van der Waals surface area (Å²) in [5, 5.41) is 14.9. The third kappa shape index (κ3) is 6.35. The molecule has 3 aromatic carbocycles. The second-order valence-electron chi connectivity index (χ2n) is 7.98. The average molecular weight is 527 g/mol. The number of rotatable bonds is 8. The van der Waals surface area contributed by atoms with Crippen LogP contribution in [0.1, 0.15) is 27.4 Å². The number of nitro benzene ring substituents is 1. The molecule has 0 saturated carbocycles. The lowest BCUT2D eigenvalue weighted by Crippen LogP contribution is -2.11. The zero-order valence-electron chi connectivity index (χ0n) is 19.2. The summed E-state index contributed by atoms with van der Waals surface area (Å²) in [6, 6.07) is 17.5. The van der Waals surface area contributed by atoms with E-state index in [9.17, 15) is 14.9 Å². The molecule has 4 aromatic rings. The van der Waals surface area contributed by atoms with E-state index < -0.39 is 10.8 Å². The molecule has 4 rings (SSSR count). The van der Waals surface area contributed by atoms with Gasteiger partial charge in [-0.05, 0) is 61.4 Å². The van der Waals surface area contributed by atoms with Gasteiger partial charge in [0, 0.05) is 23.2 Å². The number of nitro groups is 1. The van der Waals surface area contributed by atoms with Crippen LogP contribution in [0.5, 0.6) is 17.2 Å². The van der Waals surface area contributed by atoms with Crippen LogP contribution >= 0.6 is 23.2 Å². The van der Waals surface area contributed by atoms with Gasteiger partial charge in [-0.1, -0.05) is 29.3 Å². The fourth-order valence-electron chi connectivity index (χ4n) is 3.45. The summed E-state index contributed by atoms with van der Waals surface area (Å²) in [5.74, 6) is 0.875. The Bertz CT molecular complexity index is 1430. The van der Waals surface area contributed by atoms with Gasteiger partial charge in [0.1, 0.15) is 29.6 Å². The summed E-state index contributed by atoms with van der Waals surface area (Å²) in [6.45, 7) is 3.86. The lowest BCUT2D eigenvalue weighted by molar-refractivity contribution is -0.384. The van der Waals surface area contributed by atoms with Crippen LogP contribution in [0.15, 0.2) is 71.1 Å². The maximum absolute atomic E-state index is 12.7. The molecule has 0 bridgehead atoms. The molecule has 0 atom stereocenters. The number of nitrogens with one attached hydrogen (secondary N) is 1. The molecule has 36 heavy (non-hydrogen) atoms. The highest BCUT2D eigenvalue weighted by molar-refractivity contribution is 6.34. The number of amides is 1. The molecular weight excluding hydrogens is 507 g/mol. The maximum atomic E-state index is 12.7. The Morgan fingerprint density at radius 1 is 0.972 bits per heavy atom. The molecule has 0 spiro atoms. The Morgan fingerprint density at radius 2 is 1.69 bits per heavy atom. The minimum absolute atomic E-state index is 0.00549. The van der Waals surface area contributed by atoms with Gasteiger partial charge in [-0.15, -0.1) is 0 Å². The number of aryl methyl sites for hydroxylation is 2. The van der Waals surface area contributed by atoms with Crippen LogP contribution in [0.3, 0.4) is 0 Å². The normalized spacial score (nSPS) is 10.7. The molecule has 10 heteroatoms. The van der Waals surface area contributed by atoms with Crippen molar-refractivity contribution in [2.45, 2.75) is 20.5 Å². The quantitative estimate of drug-likeness (QED) is 0.186. The van der Waals surface area contributed by atoms with Gasteiger partial charge >= 0.3 is 0 Å². The van der Waals surface area contributed by atoms with Gasteiger partial charge in [-0.25, -0.2) is 0 Å². The molecule has 1 N–H and O–H groups in total. The summed E-state index contributed by atoms with van der Waals surface area (Å²) in [6.07, 6.45) is 0. The number of non-ortho nitro benzene ring substituents is 1. The molecule has 0 fully saturated rings. The van der Waals surface area contributed by atoms with Gasteiger partial charge in [0.25, 0.3) is 11.6 Å². The molecule has 8 nitrogen and oxygen atoms in total. The fourth-order valence-corrected chi connectivity index (χ4v) is 3.79. The van der Waals surface area contributed by atoms with E-state index in [1.807, 2.05) is 32.0 Å². The van der Waals surface area contributed by atoms with Crippen molar-refractivity contribution in [3.8, 4) is 17.2 Å². The van der Waals surface area contributed by atoms with E-state index in [0.29, 0.717) is 27.3 Å². The predicted molar refractivity (Wildman–Crippen MR) is 137 cm³/mol. The molecular formula is C26H20Cl2N2O6. The van der Waals surface area contributed by atoms with Crippen molar-refractivity contribution in [3.63, 3.8) is 0 Å². The first kappa shape index (κ1) is 25.1. The highest BCUT2D eigenvalue weighted by atomic mass is 35.5. The molecule has 0 unspecified atom stereocenters. The number of carbonyl (C=O) groups is 1. The van der Waals surface area contributed by atoms with Crippen molar-refractivity contribution in [1.29, 1.82) is 0 Å². The van der Waals surface area contributed by atoms with Crippen molar-refractivity contribution in [1.82, 2.24) is 0 Å². The van der Waals surface area contributed by atoms with E-state index in [2.05, 4.69) is 5.32 Å². The van der Waals surface area contributed by atoms with E-state index >= 15 is 0 Å². The van der Waals surface area contributed by atoms with Crippen LogP contribution < -0.4 is 14.8 Å². The number of nitrogens with zero attached hydrogens (tertiary/aromatic N) is 1. The minimum atomic E-state index is -0.597. The molecule has 0 aliphatic carbocycles. The summed E-state index contributed by atoms with van der Waals surface area (Å²) >= 11 is 12.0. The molecule has 1 aromatic heterocycles. The first-order valence-corrected chi connectivity index (χ1v) is 11.5. The standard InChI is InChI=1S/C26H20Cl2N2O6/c1-15-7-16(2)9-21(8-15)35-22-12-18(11-19(13-22)30(32)33)29-26(31)24-6-4-20(36-24)14-34-25-10-17(27)3-5-23(25)28/h3-13H,14H2,1-2H3,(H,29,31). The average Bonchev–Trinajstić information content (AvgIpc) is 3.28. The summed E-state index contributed by atoms with van der Waals surface area (Å²) < 4.78 is 17.0. The number of hydrogen-bond acceptors (Lipinski definition) is 6. The highest BCUT2D eigenvalue weighted by Gasteiger charge is 2.17. The monoisotopic (exact) mass is 526 g/mol. The van der Waals surface area contributed by atoms with E-state index in [1.165, 1.54) is 24.3 Å². The van der Waals surface area contributed by atoms with Crippen LogP contribution in [0, 0.1) is 24.0 Å². The second-order valence-corrected chi connectivity index (χ2v) is 8.83. The first-order chi connectivity index (χ1) is 17.2. The topological polar surface area (TPSA) is 104 Å². The maximum Gasteiger partial charge on any atom is 0.291 e. The Kier molecular flexibility index (Phi) is 7.47. The number of furan rings is 1. The lowest BCUT2D eigenvalue weighted by Gasteiger charge is -2.10. The first-order valence-electron chi connectivity index (χ1n) is 10.7. The summed E-state index contributed by atoms with van der Waals surface area (Å²) in [4.78, 5) is 23.6. The summed E-state index contributed by atoms with van der Waals surface area (Å²) in [5.41, 5.74) is 1.91. The van der Waals surface area contributed by atoms with Crippen molar-refractivity contribution < 1.29 is 23.6 Å². The van der Waals surface area contributed by atoms with Crippen LogP contribution in [0.4, 0.5) is 11.4 Å². The van der Waals surface area contributed by atoms with Gasteiger partial charge in [-0.3, -0.25) is 14.9 Å². The molecule has 0 aliphatic heterocycles. The van der Waals surface area contributed by atoms with E-state index in [4.69, 9.17) is 37.1 Å². The number of carbonyl (C=O) groups excluding carboxylic acids is 1. The summed E-state index contributed by atoms with van der Waals surface area (Å²) in [7, 11) is 0. The van der Waals surface area contributed by atoms with Crippen molar-refractivity contribution in [2.24, 2.45) is 0 Å². The van der Waals surface area contributed by atoms with E-state index in [1.54, 1.807) is 24.3 Å². The zero-order valence-corrected chi connectivity index (χ0v) is 20.7. The molecule has 0 saturated heterocycles. The smallest absolute Gasteiger partial charge is 0.291 e. The third-order valence-corrected chi connectivity index (χ3v) is 5.49. The number of ether oxygens (including phenoxy) is 2. The molecule has 1 heterocycles. The van der Waals surface area contributed by atoms with Gasteiger partial charge < -0.3 is 19.2 Å². The van der Waals surface area contributed by atoms with Gasteiger partial charge in [0.2, 0.25) is 0 Å². The largest absolute Gasteiger partial charge is 0.484 e. The van der Waals surface area contributed by atoms with Gasteiger partial charge in [0.15, 0.2) is 5.76 Å².